The minimum absolute atomic E-state index is 0.121. The standard InChI is InChI=1S/C20H24N10O14P2/c21-19-25-13-7(15(33)27-19)23-3-29(13)17-9(31)11-5(41-17)1-39-45(35,36)44-12-6(2-40-46(37,38)43-11)42-18(10(12)32)30-4-24-8-14(30)26-20(22)28-16(8)34/h3-6,9-12,17-18,31-32H,1-2H2,(H,35,36)(H,37,38)(H3,21,25,27,33)(H3,22,26,28,34)/t5-,6+,9+,10?,11?,12+,17-,18?/m1/s1. The summed E-state index contributed by atoms with van der Waals surface area (Å²) in [4.78, 5) is 65.9. The van der Waals surface area contributed by atoms with E-state index in [-0.39, 0.29) is 34.2 Å². The van der Waals surface area contributed by atoms with E-state index in [1.807, 2.05) is 0 Å². The number of aromatic amines is 2. The van der Waals surface area contributed by atoms with E-state index >= 15 is 0 Å². The van der Waals surface area contributed by atoms with Gasteiger partial charge in [0.1, 0.15) is 36.6 Å². The number of anilines is 2. The van der Waals surface area contributed by atoms with Gasteiger partial charge in [0.25, 0.3) is 11.1 Å². The fraction of sp³-hybridized carbons (Fsp3) is 0.500. The number of ether oxygens (including phenoxy) is 2. The topological polar surface area (TPSA) is 350 Å². The van der Waals surface area contributed by atoms with E-state index in [0.717, 1.165) is 21.8 Å². The van der Waals surface area contributed by atoms with Crippen LogP contribution in [0.4, 0.5) is 11.9 Å². The van der Waals surface area contributed by atoms with E-state index in [2.05, 4.69) is 29.9 Å². The van der Waals surface area contributed by atoms with E-state index in [0.29, 0.717) is 0 Å². The van der Waals surface area contributed by atoms with Gasteiger partial charge in [-0.05, 0) is 0 Å². The van der Waals surface area contributed by atoms with Crippen LogP contribution in [0.5, 0.6) is 0 Å². The Balaban J connectivity index is 1.18. The van der Waals surface area contributed by atoms with Gasteiger partial charge in [-0.1, -0.05) is 0 Å². The molecule has 46 heavy (non-hydrogen) atoms. The molecule has 7 heterocycles. The number of nitrogens with two attached hydrogens (primary N) is 2. The number of phosphoric ester groups is 2. The van der Waals surface area contributed by atoms with Crippen LogP contribution in [0.1, 0.15) is 12.5 Å². The van der Waals surface area contributed by atoms with Gasteiger partial charge >= 0.3 is 15.6 Å². The number of nitrogens with zero attached hydrogens (tertiary/aromatic N) is 6. The number of nitrogens with one attached hydrogen (secondary N) is 2. The number of phosphoric acid groups is 2. The Hall–Kier alpha value is -3.64. The molecule has 248 valence electrons. The molecule has 4 aromatic heterocycles. The monoisotopic (exact) mass is 690 g/mol. The number of aromatic nitrogens is 8. The molecular weight excluding hydrogens is 666 g/mol. The maximum Gasteiger partial charge on any atom is 0.472 e. The van der Waals surface area contributed by atoms with E-state index < -0.39 is 89.1 Å². The maximum atomic E-state index is 13.1. The second-order valence-corrected chi connectivity index (χ2v) is 13.1. The lowest BCUT2D eigenvalue weighted by molar-refractivity contribution is -0.0664. The summed E-state index contributed by atoms with van der Waals surface area (Å²) in [7, 11) is -10.2. The van der Waals surface area contributed by atoms with Crippen molar-refractivity contribution in [2.45, 2.75) is 49.1 Å². The van der Waals surface area contributed by atoms with Crippen LogP contribution in [-0.2, 0) is 36.7 Å². The Kier molecular flexibility index (Phi) is 7.39. The van der Waals surface area contributed by atoms with Gasteiger partial charge in [0.15, 0.2) is 34.8 Å². The van der Waals surface area contributed by atoms with Crippen LogP contribution in [-0.4, -0.2) is 109 Å². The van der Waals surface area contributed by atoms with Gasteiger partial charge in [-0.3, -0.25) is 46.8 Å². The van der Waals surface area contributed by atoms with Gasteiger partial charge in [0, 0.05) is 0 Å². The number of H-pyrrole nitrogens is 2. The Bertz CT molecular complexity index is 1900. The maximum absolute atomic E-state index is 13.1. The van der Waals surface area contributed by atoms with Crippen molar-refractivity contribution in [2.24, 2.45) is 0 Å². The molecule has 10 atom stereocenters. The summed E-state index contributed by atoms with van der Waals surface area (Å²) in [5.41, 5.74) is 9.28. The van der Waals surface area contributed by atoms with Crippen molar-refractivity contribution in [2.75, 3.05) is 24.7 Å². The van der Waals surface area contributed by atoms with Crippen LogP contribution in [0.15, 0.2) is 22.2 Å². The van der Waals surface area contributed by atoms with Gasteiger partial charge in [-0.15, -0.1) is 0 Å². The number of nitrogen functional groups attached to an aromatic ring is 2. The molecule has 24 nitrogen and oxygen atoms in total. The molecule has 10 N–H and O–H groups in total. The summed E-state index contributed by atoms with van der Waals surface area (Å²) in [6.07, 6.45) is -10.9. The molecule has 0 radical (unpaired) electrons. The largest absolute Gasteiger partial charge is 0.472 e. The molecule has 0 saturated carbocycles. The third-order valence-corrected chi connectivity index (χ3v) is 9.35. The molecule has 0 bridgehead atoms. The third-order valence-electron chi connectivity index (χ3n) is 7.38. The zero-order chi connectivity index (χ0) is 32.7. The average Bonchev–Trinajstić information content (AvgIpc) is 3.72. The van der Waals surface area contributed by atoms with Crippen molar-refractivity contribution in [3.63, 3.8) is 0 Å². The summed E-state index contributed by atoms with van der Waals surface area (Å²) in [6.45, 7) is -1.74. The van der Waals surface area contributed by atoms with Crippen LogP contribution in [0.2, 0.25) is 0 Å². The highest BCUT2D eigenvalue weighted by molar-refractivity contribution is 7.47. The molecule has 3 saturated heterocycles. The number of hydrogen-bond donors (Lipinski definition) is 8. The molecule has 0 amide bonds. The highest BCUT2D eigenvalue weighted by Gasteiger charge is 2.54. The minimum Gasteiger partial charge on any atom is -0.386 e. The molecule has 0 aromatic carbocycles. The Morgan fingerprint density at radius 2 is 1.15 bits per heavy atom. The van der Waals surface area contributed by atoms with Crippen molar-refractivity contribution in [3.8, 4) is 0 Å². The second kappa shape index (κ2) is 11.0. The number of aliphatic hydroxyl groups excluding tert-OH is 2. The Labute approximate surface area is 253 Å². The van der Waals surface area contributed by atoms with Gasteiger partial charge in [0.2, 0.25) is 11.9 Å². The number of imidazole rings is 2. The first-order chi connectivity index (χ1) is 21.7. The van der Waals surface area contributed by atoms with E-state index in [4.69, 9.17) is 39.0 Å². The molecular formula is C20H24N10O14P2. The predicted molar refractivity (Wildman–Crippen MR) is 146 cm³/mol. The summed E-state index contributed by atoms with van der Waals surface area (Å²) >= 11 is 0. The van der Waals surface area contributed by atoms with Crippen LogP contribution in [0, 0.1) is 0 Å². The Morgan fingerprint density at radius 1 is 0.761 bits per heavy atom. The normalized spacial score (nSPS) is 37.1. The van der Waals surface area contributed by atoms with Crippen LogP contribution in [0.3, 0.4) is 0 Å². The van der Waals surface area contributed by atoms with Crippen molar-refractivity contribution in [1.82, 2.24) is 39.0 Å². The van der Waals surface area contributed by atoms with Crippen molar-refractivity contribution in [3.05, 3.63) is 33.4 Å². The first-order valence-electron chi connectivity index (χ1n) is 13.1. The first kappa shape index (κ1) is 31.0. The molecule has 5 unspecified atom stereocenters. The van der Waals surface area contributed by atoms with Crippen LogP contribution >= 0.6 is 15.6 Å². The SMILES string of the molecule is Nc1nc2c(ncn2C2O[C@H]3COP(=O)(O)OC4[C@@H](COP(=O)(O)O[C@@H]3C2O)O[C@@H](n2cnc3c(=O)[nH]c(N)nc32)[C@H]4O)c(=O)[nH]1. The van der Waals surface area contributed by atoms with E-state index in [9.17, 15) is 38.7 Å². The molecule has 26 heteroatoms. The number of aliphatic hydroxyl groups is 2. The lowest BCUT2D eigenvalue weighted by Crippen LogP contribution is -2.39. The molecule has 4 aromatic rings. The zero-order valence-electron chi connectivity index (χ0n) is 22.8. The number of rotatable bonds is 2. The second-order valence-electron chi connectivity index (χ2n) is 10.3. The quantitative estimate of drug-likeness (QED) is 0.0968. The zero-order valence-corrected chi connectivity index (χ0v) is 24.6. The van der Waals surface area contributed by atoms with Gasteiger partial charge in [0.05, 0.1) is 25.9 Å². The molecule has 0 spiro atoms. The number of hydrogen-bond acceptors (Lipinski definition) is 18. The van der Waals surface area contributed by atoms with Crippen LogP contribution < -0.4 is 22.6 Å². The fourth-order valence-electron chi connectivity index (χ4n) is 5.39. The predicted octanol–water partition coefficient (Wildman–Crippen LogP) is -3.05. The molecule has 0 aliphatic carbocycles. The minimum atomic E-state index is -5.10. The molecule has 7 rings (SSSR count). The fourth-order valence-corrected chi connectivity index (χ4v) is 7.32. The lowest BCUT2D eigenvalue weighted by atomic mass is 10.1. The first-order valence-corrected chi connectivity index (χ1v) is 16.1. The third kappa shape index (κ3) is 5.33. The van der Waals surface area contributed by atoms with Crippen molar-refractivity contribution < 1.29 is 56.7 Å². The van der Waals surface area contributed by atoms with E-state index in [1.54, 1.807) is 0 Å². The highest BCUT2D eigenvalue weighted by atomic mass is 31.2. The van der Waals surface area contributed by atoms with Crippen molar-refractivity contribution in [1.29, 1.82) is 0 Å². The van der Waals surface area contributed by atoms with Crippen molar-refractivity contribution >= 4 is 49.9 Å². The van der Waals surface area contributed by atoms with Gasteiger partial charge < -0.3 is 40.9 Å². The Morgan fingerprint density at radius 3 is 1.54 bits per heavy atom. The van der Waals surface area contributed by atoms with Gasteiger partial charge in [-0.2, -0.15) is 9.97 Å². The van der Waals surface area contributed by atoms with E-state index in [1.165, 1.54) is 0 Å². The average molecular weight is 690 g/mol. The summed E-state index contributed by atoms with van der Waals surface area (Å²) in [6, 6.07) is 0. The summed E-state index contributed by atoms with van der Waals surface area (Å²) < 4.78 is 60.5. The molecule has 3 aliphatic heterocycles. The summed E-state index contributed by atoms with van der Waals surface area (Å²) in [5, 5.41) is 22.2. The lowest BCUT2D eigenvalue weighted by Gasteiger charge is -2.27. The highest BCUT2D eigenvalue weighted by Crippen LogP contribution is 2.53. The van der Waals surface area contributed by atoms with Crippen LogP contribution in [0.25, 0.3) is 22.3 Å². The smallest absolute Gasteiger partial charge is 0.386 e. The number of fused-ring (bicyclic) bond motifs is 4. The van der Waals surface area contributed by atoms with Gasteiger partial charge in [-0.25, -0.2) is 19.1 Å². The molecule has 3 aliphatic rings. The molecule has 3 fully saturated rings. The summed E-state index contributed by atoms with van der Waals surface area (Å²) in [5.74, 6) is -0.561.